The Kier molecular flexibility index (Phi) is 5.45. The molecule has 8 heteroatoms. The minimum Gasteiger partial charge on any atom is -0.377 e. The van der Waals surface area contributed by atoms with Gasteiger partial charge in [-0.25, -0.2) is 17.2 Å². The summed E-state index contributed by atoms with van der Waals surface area (Å²) in [7, 11) is -4.37. The Bertz CT molecular complexity index is 647. The summed E-state index contributed by atoms with van der Waals surface area (Å²) in [5.41, 5.74) is 0. The van der Waals surface area contributed by atoms with Gasteiger partial charge in [0, 0.05) is 26.1 Å². The van der Waals surface area contributed by atoms with Crippen molar-refractivity contribution >= 4 is 10.0 Å². The molecular formula is C14H16F2N2O3S. The van der Waals surface area contributed by atoms with Gasteiger partial charge in [0.05, 0.1) is 12.2 Å². The quantitative estimate of drug-likeness (QED) is 0.800. The molecule has 0 saturated carbocycles. The minimum atomic E-state index is -4.37. The summed E-state index contributed by atoms with van der Waals surface area (Å²) in [6.45, 7) is 0.384. The van der Waals surface area contributed by atoms with Crippen LogP contribution in [-0.4, -0.2) is 38.5 Å². The SMILES string of the molecule is N#CCCN(CC1CCCO1)S(=O)(=O)c1c(F)cccc1F. The van der Waals surface area contributed by atoms with Crippen LogP contribution < -0.4 is 0 Å². The highest BCUT2D eigenvalue weighted by molar-refractivity contribution is 7.89. The first-order chi connectivity index (χ1) is 10.5. The molecular weight excluding hydrogens is 314 g/mol. The topological polar surface area (TPSA) is 70.4 Å². The molecule has 0 bridgehead atoms. The van der Waals surface area contributed by atoms with Crippen LogP contribution >= 0.6 is 0 Å². The van der Waals surface area contributed by atoms with E-state index in [1.54, 1.807) is 0 Å². The average Bonchev–Trinajstić information content (AvgIpc) is 2.95. The molecule has 22 heavy (non-hydrogen) atoms. The van der Waals surface area contributed by atoms with Gasteiger partial charge in [-0.15, -0.1) is 0 Å². The van der Waals surface area contributed by atoms with Gasteiger partial charge in [-0.2, -0.15) is 9.57 Å². The summed E-state index contributed by atoms with van der Waals surface area (Å²) in [5, 5.41) is 8.67. The van der Waals surface area contributed by atoms with E-state index in [0.717, 1.165) is 28.9 Å². The third-order valence-electron chi connectivity index (χ3n) is 3.42. The normalized spacial score (nSPS) is 18.5. The van der Waals surface area contributed by atoms with Crippen molar-refractivity contribution in [2.45, 2.75) is 30.3 Å². The standard InChI is InChI=1S/C14H16F2N2O3S/c15-12-5-1-6-13(16)14(12)22(19,20)18(8-3-7-17)10-11-4-2-9-21-11/h1,5-6,11H,2-4,8-10H2. The van der Waals surface area contributed by atoms with Crippen molar-refractivity contribution in [3.05, 3.63) is 29.8 Å². The Morgan fingerprint density at radius 3 is 2.59 bits per heavy atom. The van der Waals surface area contributed by atoms with Crippen LogP contribution in [0.3, 0.4) is 0 Å². The van der Waals surface area contributed by atoms with Crippen LogP contribution in [0.5, 0.6) is 0 Å². The molecule has 1 saturated heterocycles. The first kappa shape index (κ1) is 16.8. The molecule has 2 rings (SSSR count). The van der Waals surface area contributed by atoms with Crippen LogP contribution in [0.2, 0.25) is 0 Å². The van der Waals surface area contributed by atoms with Crippen molar-refractivity contribution in [1.29, 1.82) is 5.26 Å². The molecule has 1 atom stereocenters. The summed E-state index contributed by atoms with van der Waals surface area (Å²) in [6.07, 6.45) is 1.11. The molecule has 120 valence electrons. The number of halogens is 2. The largest absolute Gasteiger partial charge is 0.377 e. The summed E-state index contributed by atoms with van der Waals surface area (Å²) < 4.78 is 59.0. The van der Waals surface area contributed by atoms with Gasteiger partial charge >= 0.3 is 0 Å². The Balaban J connectivity index is 2.33. The third-order valence-corrected chi connectivity index (χ3v) is 5.34. The summed E-state index contributed by atoms with van der Waals surface area (Å²) >= 11 is 0. The molecule has 1 aliphatic rings. The van der Waals surface area contributed by atoms with E-state index in [-0.39, 0.29) is 25.6 Å². The fourth-order valence-corrected chi connectivity index (χ4v) is 3.94. The maximum atomic E-state index is 13.8. The molecule has 0 aliphatic carbocycles. The van der Waals surface area contributed by atoms with E-state index >= 15 is 0 Å². The maximum absolute atomic E-state index is 13.8. The van der Waals surface area contributed by atoms with E-state index in [2.05, 4.69) is 0 Å². The maximum Gasteiger partial charge on any atom is 0.249 e. The lowest BCUT2D eigenvalue weighted by molar-refractivity contribution is 0.0940. The summed E-state index contributed by atoms with van der Waals surface area (Å²) in [4.78, 5) is -0.981. The molecule has 1 aromatic carbocycles. The van der Waals surface area contributed by atoms with Crippen LogP contribution in [0, 0.1) is 23.0 Å². The molecule has 1 fully saturated rings. The van der Waals surface area contributed by atoms with Crippen LogP contribution in [0.4, 0.5) is 8.78 Å². The van der Waals surface area contributed by atoms with Crippen molar-refractivity contribution in [3.8, 4) is 6.07 Å². The highest BCUT2D eigenvalue weighted by Crippen LogP contribution is 2.24. The molecule has 1 unspecified atom stereocenters. The number of nitrogens with zero attached hydrogens (tertiary/aromatic N) is 2. The lowest BCUT2D eigenvalue weighted by Crippen LogP contribution is -2.38. The Morgan fingerprint density at radius 2 is 2.05 bits per heavy atom. The van der Waals surface area contributed by atoms with E-state index in [4.69, 9.17) is 10.00 Å². The van der Waals surface area contributed by atoms with Gasteiger partial charge in [-0.1, -0.05) is 6.07 Å². The second-order valence-electron chi connectivity index (χ2n) is 4.96. The van der Waals surface area contributed by atoms with Gasteiger partial charge < -0.3 is 4.74 Å². The molecule has 0 radical (unpaired) electrons. The first-order valence-electron chi connectivity index (χ1n) is 6.89. The zero-order valence-electron chi connectivity index (χ0n) is 11.8. The van der Waals surface area contributed by atoms with Gasteiger partial charge in [0.1, 0.15) is 11.6 Å². The van der Waals surface area contributed by atoms with Gasteiger partial charge in [-0.05, 0) is 25.0 Å². The fraction of sp³-hybridized carbons (Fsp3) is 0.500. The van der Waals surface area contributed by atoms with Gasteiger partial charge in [0.2, 0.25) is 10.0 Å². The van der Waals surface area contributed by atoms with Crippen molar-refractivity contribution in [1.82, 2.24) is 4.31 Å². The first-order valence-corrected chi connectivity index (χ1v) is 8.33. The minimum absolute atomic E-state index is 0.0161. The molecule has 1 aromatic rings. The number of hydrogen-bond acceptors (Lipinski definition) is 4. The second kappa shape index (κ2) is 7.13. The highest BCUT2D eigenvalue weighted by Gasteiger charge is 2.33. The Morgan fingerprint density at radius 1 is 1.36 bits per heavy atom. The van der Waals surface area contributed by atoms with Crippen molar-refractivity contribution in [3.63, 3.8) is 0 Å². The van der Waals surface area contributed by atoms with Gasteiger partial charge in [0.25, 0.3) is 0 Å². The predicted molar refractivity (Wildman–Crippen MR) is 74.3 cm³/mol. The van der Waals surface area contributed by atoms with E-state index in [0.29, 0.717) is 13.0 Å². The third kappa shape index (κ3) is 3.61. The zero-order chi connectivity index (χ0) is 16.2. The number of ether oxygens (including phenoxy) is 1. The van der Waals surface area contributed by atoms with Crippen LogP contribution in [-0.2, 0) is 14.8 Å². The van der Waals surface area contributed by atoms with Crippen molar-refractivity contribution in [2.24, 2.45) is 0 Å². The van der Waals surface area contributed by atoms with Crippen molar-refractivity contribution < 1.29 is 21.9 Å². The van der Waals surface area contributed by atoms with Crippen LogP contribution in [0.25, 0.3) is 0 Å². The molecule has 0 amide bonds. The van der Waals surface area contributed by atoms with E-state index in [1.807, 2.05) is 6.07 Å². The molecule has 0 spiro atoms. The Hall–Kier alpha value is -1.56. The van der Waals surface area contributed by atoms with E-state index in [1.165, 1.54) is 0 Å². The number of hydrogen-bond donors (Lipinski definition) is 0. The molecule has 0 aromatic heterocycles. The summed E-state index contributed by atoms with van der Waals surface area (Å²) in [5.74, 6) is -2.29. The van der Waals surface area contributed by atoms with Gasteiger partial charge in [0.15, 0.2) is 4.90 Å². The molecule has 0 N–H and O–H groups in total. The lowest BCUT2D eigenvalue weighted by atomic mass is 10.2. The van der Waals surface area contributed by atoms with E-state index in [9.17, 15) is 17.2 Å². The predicted octanol–water partition coefficient (Wildman–Crippen LogP) is 2.05. The number of benzene rings is 1. The lowest BCUT2D eigenvalue weighted by Gasteiger charge is -2.24. The molecule has 5 nitrogen and oxygen atoms in total. The Labute approximate surface area is 128 Å². The van der Waals surface area contributed by atoms with Crippen LogP contribution in [0.1, 0.15) is 19.3 Å². The molecule has 1 aliphatic heterocycles. The van der Waals surface area contributed by atoms with Gasteiger partial charge in [-0.3, -0.25) is 0 Å². The zero-order valence-corrected chi connectivity index (χ0v) is 12.7. The molecule has 1 heterocycles. The fourth-order valence-electron chi connectivity index (χ4n) is 2.36. The number of sulfonamides is 1. The number of nitriles is 1. The smallest absolute Gasteiger partial charge is 0.249 e. The van der Waals surface area contributed by atoms with Crippen LogP contribution in [0.15, 0.2) is 23.1 Å². The average molecular weight is 330 g/mol. The highest BCUT2D eigenvalue weighted by atomic mass is 32.2. The monoisotopic (exact) mass is 330 g/mol. The summed E-state index contributed by atoms with van der Waals surface area (Å²) in [6, 6.07) is 4.73. The van der Waals surface area contributed by atoms with E-state index < -0.39 is 26.6 Å². The van der Waals surface area contributed by atoms with Crippen molar-refractivity contribution in [2.75, 3.05) is 19.7 Å². The second-order valence-corrected chi connectivity index (χ2v) is 6.83. The number of rotatable bonds is 6.